The van der Waals surface area contributed by atoms with Crippen LogP contribution in [0.25, 0.3) is 0 Å². The summed E-state index contributed by atoms with van der Waals surface area (Å²) >= 11 is 0. The maximum Gasteiger partial charge on any atom is 0.311 e. The lowest BCUT2D eigenvalue weighted by Gasteiger charge is -2.05. The highest BCUT2D eigenvalue weighted by molar-refractivity contribution is 5.93. The Hall–Kier alpha value is -3.03. The molecule has 2 aromatic heterocycles. The second-order valence-corrected chi connectivity index (χ2v) is 3.81. The number of hydrogen-bond donors (Lipinski definition) is 2. The Kier molecular flexibility index (Phi) is 4.17. The van der Waals surface area contributed by atoms with Gasteiger partial charge in [-0.25, -0.2) is 9.98 Å². The standard InChI is InChI=1S/C12H12N6O2/c13-12(16-8-9-3-6-14-7-4-9)17-11-10(18(19)20)2-1-5-15-11/h1-7H,8H2,(H3,13,15,16,17). The lowest BCUT2D eigenvalue weighted by molar-refractivity contribution is -0.384. The number of hydrogen-bond acceptors (Lipinski definition) is 5. The van der Waals surface area contributed by atoms with Crippen LogP contribution in [0.4, 0.5) is 11.5 Å². The molecule has 102 valence electrons. The number of nitro groups is 1. The summed E-state index contributed by atoms with van der Waals surface area (Å²) in [5, 5.41) is 13.4. The van der Waals surface area contributed by atoms with E-state index in [0.717, 1.165) is 5.56 Å². The third-order valence-electron chi connectivity index (χ3n) is 2.41. The Bertz CT molecular complexity index is 629. The van der Waals surface area contributed by atoms with Crippen molar-refractivity contribution < 1.29 is 4.92 Å². The Morgan fingerprint density at radius 1 is 1.35 bits per heavy atom. The van der Waals surface area contributed by atoms with Crippen LogP contribution in [-0.2, 0) is 6.54 Å². The quantitative estimate of drug-likeness (QED) is 0.375. The number of pyridine rings is 2. The first-order valence-corrected chi connectivity index (χ1v) is 5.72. The van der Waals surface area contributed by atoms with Gasteiger partial charge in [0.2, 0.25) is 5.82 Å². The summed E-state index contributed by atoms with van der Waals surface area (Å²) in [6, 6.07) is 6.43. The van der Waals surface area contributed by atoms with Crippen LogP contribution in [0.5, 0.6) is 0 Å². The normalized spacial score (nSPS) is 11.1. The average Bonchev–Trinajstić information content (AvgIpc) is 2.46. The molecule has 8 nitrogen and oxygen atoms in total. The minimum absolute atomic E-state index is 0.0589. The van der Waals surface area contributed by atoms with Crippen LogP contribution in [0.3, 0.4) is 0 Å². The Morgan fingerprint density at radius 3 is 2.80 bits per heavy atom. The van der Waals surface area contributed by atoms with Crippen molar-refractivity contribution in [1.82, 2.24) is 9.97 Å². The van der Waals surface area contributed by atoms with Crippen LogP contribution < -0.4 is 11.1 Å². The summed E-state index contributed by atoms with van der Waals surface area (Å²) in [5.41, 5.74) is 6.46. The minimum atomic E-state index is -0.536. The molecule has 0 saturated carbocycles. The van der Waals surface area contributed by atoms with E-state index < -0.39 is 4.92 Å². The fourth-order valence-corrected chi connectivity index (χ4v) is 1.47. The monoisotopic (exact) mass is 272 g/mol. The molecule has 2 rings (SSSR count). The first kappa shape index (κ1) is 13.4. The molecule has 3 N–H and O–H groups in total. The number of rotatable bonds is 4. The molecule has 0 fully saturated rings. The Morgan fingerprint density at radius 2 is 2.10 bits per heavy atom. The zero-order chi connectivity index (χ0) is 14.4. The molecule has 0 spiro atoms. The molecule has 0 amide bonds. The van der Waals surface area contributed by atoms with Crippen molar-refractivity contribution in [1.29, 1.82) is 0 Å². The van der Waals surface area contributed by atoms with Gasteiger partial charge in [-0.1, -0.05) is 0 Å². The number of anilines is 1. The summed E-state index contributed by atoms with van der Waals surface area (Å²) < 4.78 is 0. The zero-order valence-electron chi connectivity index (χ0n) is 10.4. The van der Waals surface area contributed by atoms with Gasteiger partial charge in [-0.3, -0.25) is 15.1 Å². The van der Waals surface area contributed by atoms with Gasteiger partial charge in [-0.15, -0.1) is 0 Å². The third-order valence-corrected chi connectivity index (χ3v) is 2.41. The van der Waals surface area contributed by atoms with E-state index in [9.17, 15) is 10.1 Å². The highest BCUT2D eigenvalue weighted by atomic mass is 16.6. The molecule has 0 atom stereocenters. The molecule has 0 aliphatic rings. The molecule has 2 aromatic rings. The van der Waals surface area contributed by atoms with Crippen LogP contribution in [0.2, 0.25) is 0 Å². The van der Waals surface area contributed by atoms with E-state index in [1.807, 2.05) is 0 Å². The molecule has 0 aliphatic carbocycles. The second-order valence-electron chi connectivity index (χ2n) is 3.81. The summed E-state index contributed by atoms with van der Waals surface area (Å²) in [7, 11) is 0. The van der Waals surface area contributed by atoms with Gasteiger partial charge < -0.3 is 11.1 Å². The van der Waals surface area contributed by atoms with Gasteiger partial charge >= 0.3 is 5.69 Å². The minimum Gasteiger partial charge on any atom is -0.370 e. The number of aromatic nitrogens is 2. The molecular formula is C12H12N6O2. The molecule has 8 heteroatoms. The lowest BCUT2D eigenvalue weighted by atomic mass is 10.3. The second kappa shape index (κ2) is 6.23. The predicted octanol–water partition coefficient (Wildman–Crippen LogP) is 1.31. The van der Waals surface area contributed by atoms with E-state index in [4.69, 9.17) is 5.73 Å². The van der Waals surface area contributed by atoms with Crippen molar-refractivity contribution in [2.45, 2.75) is 6.54 Å². The van der Waals surface area contributed by atoms with Crippen molar-refractivity contribution in [2.24, 2.45) is 10.7 Å². The number of nitrogens with one attached hydrogen (secondary N) is 1. The smallest absolute Gasteiger partial charge is 0.311 e. The summed E-state index contributed by atoms with van der Waals surface area (Å²) in [5.74, 6) is 0.122. The molecule has 0 aromatic carbocycles. The molecule has 0 unspecified atom stereocenters. The number of nitrogens with two attached hydrogens (primary N) is 1. The molecule has 0 bridgehead atoms. The van der Waals surface area contributed by atoms with Crippen LogP contribution in [0.1, 0.15) is 5.56 Å². The van der Waals surface area contributed by atoms with E-state index in [0.29, 0.717) is 6.54 Å². The van der Waals surface area contributed by atoms with Crippen molar-refractivity contribution in [3.63, 3.8) is 0 Å². The predicted molar refractivity (Wildman–Crippen MR) is 74.1 cm³/mol. The number of aliphatic imine (C=N–C) groups is 1. The Labute approximate surface area is 114 Å². The third kappa shape index (κ3) is 3.48. The van der Waals surface area contributed by atoms with Gasteiger partial charge in [0.1, 0.15) is 0 Å². The molecule has 2 heterocycles. The van der Waals surface area contributed by atoms with Crippen LogP contribution in [-0.4, -0.2) is 20.9 Å². The SMILES string of the molecule is NC(=NCc1ccncc1)Nc1ncccc1[N+](=O)[O-]. The van der Waals surface area contributed by atoms with Crippen molar-refractivity contribution >= 4 is 17.5 Å². The molecular weight excluding hydrogens is 260 g/mol. The van der Waals surface area contributed by atoms with Gasteiger partial charge in [-0.2, -0.15) is 0 Å². The first-order valence-electron chi connectivity index (χ1n) is 5.72. The van der Waals surface area contributed by atoms with E-state index in [1.54, 1.807) is 24.5 Å². The van der Waals surface area contributed by atoms with Gasteiger partial charge in [0.25, 0.3) is 0 Å². The number of guanidine groups is 1. The van der Waals surface area contributed by atoms with Gasteiger partial charge in [0.05, 0.1) is 11.5 Å². The maximum absolute atomic E-state index is 10.8. The van der Waals surface area contributed by atoms with Crippen LogP contribution in [0.15, 0.2) is 47.8 Å². The largest absolute Gasteiger partial charge is 0.370 e. The molecule has 20 heavy (non-hydrogen) atoms. The summed E-state index contributed by atoms with van der Waals surface area (Å²) in [4.78, 5) is 22.1. The van der Waals surface area contributed by atoms with Crippen molar-refractivity contribution in [3.05, 3.63) is 58.5 Å². The summed E-state index contributed by atoms with van der Waals surface area (Å²) in [6.45, 7) is 0.349. The van der Waals surface area contributed by atoms with Crippen LogP contribution in [0, 0.1) is 10.1 Å². The van der Waals surface area contributed by atoms with Crippen molar-refractivity contribution in [3.8, 4) is 0 Å². The fraction of sp³-hybridized carbons (Fsp3) is 0.0833. The van der Waals surface area contributed by atoms with E-state index in [2.05, 4.69) is 20.3 Å². The highest BCUT2D eigenvalue weighted by Crippen LogP contribution is 2.19. The number of nitrogens with zero attached hydrogens (tertiary/aromatic N) is 4. The molecule has 0 saturated heterocycles. The van der Waals surface area contributed by atoms with E-state index >= 15 is 0 Å². The maximum atomic E-state index is 10.8. The average molecular weight is 272 g/mol. The molecule has 0 radical (unpaired) electrons. The van der Waals surface area contributed by atoms with Crippen LogP contribution >= 0.6 is 0 Å². The van der Waals surface area contributed by atoms with E-state index in [-0.39, 0.29) is 17.5 Å². The summed E-state index contributed by atoms with van der Waals surface area (Å²) in [6.07, 6.45) is 4.74. The lowest BCUT2D eigenvalue weighted by Crippen LogP contribution is -2.23. The first-order chi connectivity index (χ1) is 9.66. The van der Waals surface area contributed by atoms with Crippen molar-refractivity contribution in [2.75, 3.05) is 5.32 Å². The van der Waals surface area contributed by atoms with Gasteiger partial charge in [-0.05, 0) is 23.8 Å². The zero-order valence-corrected chi connectivity index (χ0v) is 10.4. The topological polar surface area (TPSA) is 119 Å². The highest BCUT2D eigenvalue weighted by Gasteiger charge is 2.14. The Balaban J connectivity index is 2.08. The van der Waals surface area contributed by atoms with Gasteiger partial charge in [0, 0.05) is 24.7 Å². The molecule has 0 aliphatic heterocycles. The van der Waals surface area contributed by atoms with Gasteiger partial charge in [0.15, 0.2) is 5.96 Å². The fourth-order valence-electron chi connectivity index (χ4n) is 1.47. The van der Waals surface area contributed by atoms with E-state index in [1.165, 1.54) is 18.3 Å².